The van der Waals surface area contributed by atoms with Crippen molar-refractivity contribution in [1.29, 1.82) is 0 Å². The Balaban J connectivity index is 5.63. The van der Waals surface area contributed by atoms with Gasteiger partial charge in [-0.25, -0.2) is 0 Å². The lowest BCUT2D eigenvalue weighted by Gasteiger charge is -2.29. The summed E-state index contributed by atoms with van der Waals surface area (Å²) in [5.74, 6) is -5.14. The third-order valence-corrected chi connectivity index (χ3v) is 6.26. The Morgan fingerprint density at radius 2 is 1.32 bits per heavy atom. The number of amides is 4. The molecule has 0 aliphatic rings. The Hall–Kier alpha value is -2.75. The molecular weight excluding hydrogens is 520 g/mol. The van der Waals surface area contributed by atoms with Crippen LogP contribution in [0, 0.1) is 11.8 Å². The number of hydrogen-bond donors (Lipinski definition) is 9. The fraction of sp³-hybridized carbons (Fsp3) is 0.739. The molecule has 0 radical (unpaired) electrons. The Morgan fingerprint density at radius 3 is 1.74 bits per heavy atom. The maximum Gasteiger partial charge on any atom is 0.305 e. The van der Waals surface area contributed by atoms with Gasteiger partial charge in [0.15, 0.2) is 0 Å². The van der Waals surface area contributed by atoms with Crippen LogP contribution in [0.3, 0.4) is 0 Å². The summed E-state index contributed by atoms with van der Waals surface area (Å²) < 4.78 is 0. The van der Waals surface area contributed by atoms with Crippen molar-refractivity contribution in [2.24, 2.45) is 23.3 Å². The molecule has 0 spiro atoms. The molecule has 0 fully saturated rings. The average molecular weight is 563 g/mol. The van der Waals surface area contributed by atoms with E-state index in [2.05, 4.69) is 33.9 Å². The minimum absolute atomic E-state index is 0.0396. The van der Waals surface area contributed by atoms with Gasteiger partial charge in [-0.15, -0.1) is 12.6 Å². The number of carbonyl (C=O) groups excluding carboxylic acids is 5. The Morgan fingerprint density at radius 1 is 0.816 bits per heavy atom. The van der Waals surface area contributed by atoms with Crippen LogP contribution in [0.5, 0.6) is 0 Å². The molecule has 0 aromatic rings. The molecule has 15 heteroatoms. The van der Waals surface area contributed by atoms with Crippen molar-refractivity contribution >= 4 is 47.3 Å². The summed E-state index contributed by atoms with van der Waals surface area (Å²) in [6.07, 6.45) is -1.47. The lowest BCUT2D eigenvalue weighted by molar-refractivity contribution is -0.139. The number of aliphatic hydroxyl groups excluding tert-OH is 1. The molecule has 7 atom stereocenters. The Kier molecular flexibility index (Phi) is 15.7. The molecule has 0 aromatic carbocycles. The van der Waals surface area contributed by atoms with Crippen molar-refractivity contribution in [3.63, 3.8) is 0 Å². The molecule has 0 aliphatic heterocycles. The second kappa shape index (κ2) is 17.0. The normalized spacial score (nSPS) is 16.7. The number of nitrogens with one attached hydrogen (secondary N) is 4. The van der Waals surface area contributed by atoms with Crippen LogP contribution in [-0.2, 0) is 28.8 Å². The van der Waals surface area contributed by atoms with Crippen molar-refractivity contribution in [3.8, 4) is 0 Å². The van der Waals surface area contributed by atoms with E-state index in [4.69, 9.17) is 16.6 Å². The summed E-state index contributed by atoms with van der Waals surface area (Å²) in [6, 6.07) is -6.21. The predicted octanol–water partition coefficient (Wildman–Crippen LogP) is -2.38. The second-order valence-corrected chi connectivity index (χ2v) is 9.95. The van der Waals surface area contributed by atoms with E-state index in [-0.39, 0.29) is 18.9 Å². The summed E-state index contributed by atoms with van der Waals surface area (Å²) >= 11 is 3.58. The van der Waals surface area contributed by atoms with Gasteiger partial charge in [0.1, 0.15) is 24.2 Å². The van der Waals surface area contributed by atoms with E-state index in [1.807, 2.05) is 6.92 Å². The molecular formula is C23H42N6O8S. The first-order valence-corrected chi connectivity index (χ1v) is 12.8. The zero-order chi connectivity index (χ0) is 29.7. The van der Waals surface area contributed by atoms with Crippen molar-refractivity contribution in [2.75, 3.05) is 6.54 Å². The van der Waals surface area contributed by atoms with Gasteiger partial charge in [0.05, 0.1) is 18.6 Å². The molecule has 0 bridgehead atoms. The van der Waals surface area contributed by atoms with Crippen LogP contribution >= 0.6 is 12.6 Å². The molecule has 0 unspecified atom stereocenters. The van der Waals surface area contributed by atoms with Crippen LogP contribution in [0.4, 0.5) is 0 Å². The van der Waals surface area contributed by atoms with Gasteiger partial charge in [0, 0.05) is 0 Å². The molecule has 0 rings (SSSR count). The first-order valence-electron chi connectivity index (χ1n) is 12.4. The van der Waals surface area contributed by atoms with Crippen LogP contribution in [-0.4, -0.2) is 87.8 Å². The molecule has 14 nitrogen and oxygen atoms in total. The van der Waals surface area contributed by atoms with E-state index < -0.39 is 83.4 Å². The maximum absolute atomic E-state index is 13.1. The van der Waals surface area contributed by atoms with E-state index >= 15 is 0 Å². The topological polar surface area (TPSA) is 243 Å². The summed E-state index contributed by atoms with van der Waals surface area (Å²) in [4.78, 5) is 73.8. The molecule has 0 heterocycles. The van der Waals surface area contributed by atoms with E-state index in [1.165, 1.54) is 6.92 Å². The molecule has 218 valence electrons. The highest BCUT2D eigenvalue weighted by molar-refractivity contribution is 7.96. The SMILES string of the molecule is CC[C@H](C)[C@H](N)C(=O)N[C@H](C(=O)N[C@H](C(=O)N[C@@H](CCN)C(=O)N[C@@H](CC(=O)O)C(=O)S)C(C)C)[C@@H](C)O. The smallest absolute Gasteiger partial charge is 0.305 e. The fourth-order valence-corrected chi connectivity index (χ4v) is 3.44. The maximum atomic E-state index is 13.1. The van der Waals surface area contributed by atoms with Crippen molar-refractivity contribution in [2.45, 2.75) is 90.2 Å². The number of carbonyl (C=O) groups is 6. The third-order valence-electron chi connectivity index (χ3n) is 5.95. The summed E-state index contributed by atoms with van der Waals surface area (Å²) in [6.45, 7) is 8.12. The van der Waals surface area contributed by atoms with Crippen LogP contribution in [0.15, 0.2) is 0 Å². The number of rotatable bonds is 17. The predicted molar refractivity (Wildman–Crippen MR) is 142 cm³/mol. The average Bonchev–Trinajstić information content (AvgIpc) is 2.82. The van der Waals surface area contributed by atoms with E-state index in [1.54, 1.807) is 20.8 Å². The lowest BCUT2D eigenvalue weighted by Crippen LogP contribution is -2.61. The number of hydrogen-bond acceptors (Lipinski definition) is 9. The zero-order valence-electron chi connectivity index (χ0n) is 22.4. The molecule has 0 aromatic heterocycles. The third kappa shape index (κ3) is 11.8. The largest absolute Gasteiger partial charge is 0.481 e. The van der Waals surface area contributed by atoms with Crippen LogP contribution in [0.2, 0.25) is 0 Å². The van der Waals surface area contributed by atoms with Gasteiger partial charge in [-0.05, 0) is 31.7 Å². The fourth-order valence-electron chi connectivity index (χ4n) is 3.29. The highest BCUT2D eigenvalue weighted by Crippen LogP contribution is 2.09. The van der Waals surface area contributed by atoms with Crippen LogP contribution < -0.4 is 32.7 Å². The van der Waals surface area contributed by atoms with Crippen LogP contribution in [0.25, 0.3) is 0 Å². The molecule has 38 heavy (non-hydrogen) atoms. The molecule has 0 saturated heterocycles. The summed E-state index contributed by atoms with van der Waals surface area (Å²) in [5.41, 5.74) is 11.5. The highest BCUT2D eigenvalue weighted by atomic mass is 32.1. The zero-order valence-corrected chi connectivity index (χ0v) is 23.3. The highest BCUT2D eigenvalue weighted by Gasteiger charge is 2.34. The number of carboxylic acids is 1. The summed E-state index contributed by atoms with van der Waals surface area (Å²) in [7, 11) is 0. The Labute approximate surface area is 227 Å². The van der Waals surface area contributed by atoms with Crippen LogP contribution in [0.1, 0.15) is 53.9 Å². The minimum Gasteiger partial charge on any atom is -0.481 e. The molecule has 10 N–H and O–H groups in total. The number of aliphatic carboxylic acids is 1. The summed E-state index contributed by atoms with van der Waals surface area (Å²) in [5, 5.41) is 27.8. The number of carboxylic acid groups (broad SMARTS) is 1. The van der Waals surface area contributed by atoms with Crippen molar-refractivity contribution < 1.29 is 39.0 Å². The lowest BCUT2D eigenvalue weighted by atomic mass is 9.98. The van der Waals surface area contributed by atoms with Gasteiger partial charge in [-0.1, -0.05) is 34.1 Å². The number of nitrogens with two attached hydrogens (primary N) is 2. The van der Waals surface area contributed by atoms with Gasteiger partial charge in [-0.2, -0.15) is 0 Å². The van der Waals surface area contributed by atoms with Crippen molar-refractivity contribution in [3.05, 3.63) is 0 Å². The quantitative estimate of drug-likeness (QED) is 0.0852. The van der Waals surface area contributed by atoms with Gasteiger partial charge >= 0.3 is 5.97 Å². The molecule has 0 saturated carbocycles. The van der Waals surface area contributed by atoms with E-state index in [0.29, 0.717) is 6.42 Å². The van der Waals surface area contributed by atoms with Crippen molar-refractivity contribution in [1.82, 2.24) is 21.3 Å². The minimum atomic E-state index is -1.43. The van der Waals surface area contributed by atoms with Gasteiger partial charge in [0.2, 0.25) is 28.7 Å². The standard InChI is InChI=1S/C23H42N6O8S/c1-6-11(4)16(25)20(34)29-18(12(5)30)22(36)28-17(10(2)3)21(35)26-13(7-8-24)19(33)27-14(23(37)38)9-15(31)32/h10-14,16-18,30H,6-9,24-25H2,1-5H3,(H,26,35)(H,27,33)(H,28,36)(H,29,34)(H,31,32)(H,37,38)/t11-,12+,13-,14-,16-,17-,18-/m0/s1. The van der Waals surface area contributed by atoms with E-state index in [0.717, 1.165) is 0 Å². The first kappa shape index (κ1) is 35.2. The molecule has 4 amide bonds. The monoisotopic (exact) mass is 562 g/mol. The van der Waals surface area contributed by atoms with Gasteiger partial charge in [-0.3, -0.25) is 28.8 Å². The van der Waals surface area contributed by atoms with Gasteiger partial charge in [0.25, 0.3) is 0 Å². The van der Waals surface area contributed by atoms with Gasteiger partial charge < -0.3 is 42.9 Å². The van der Waals surface area contributed by atoms with E-state index in [9.17, 15) is 33.9 Å². The molecule has 0 aliphatic carbocycles. The number of thiol groups is 1. The number of aliphatic hydroxyl groups is 1. The Bertz CT molecular complexity index is 856. The second-order valence-electron chi connectivity index (χ2n) is 9.50. The first-order chi connectivity index (χ1) is 17.6.